The Labute approximate surface area is 218 Å². The number of fused-ring (bicyclic) bond motifs is 1. The van der Waals surface area contributed by atoms with Crippen LogP contribution < -0.4 is 9.75 Å². The molecule has 4 aromatic carbocycles. The molecule has 6 rings (SSSR count). The topological polar surface area (TPSA) is 50.6 Å². The van der Waals surface area contributed by atoms with E-state index in [9.17, 15) is 4.39 Å². The minimum Gasteiger partial charge on any atom is -0.497 e. The van der Waals surface area contributed by atoms with Crippen LogP contribution in [0.3, 0.4) is 0 Å². The second-order valence-electron chi connectivity index (χ2n) is 8.79. The monoisotopic (exact) mass is 508 g/mol. The van der Waals surface area contributed by atoms with Crippen LogP contribution in [-0.2, 0) is 0 Å². The van der Waals surface area contributed by atoms with Crippen molar-refractivity contribution in [1.82, 2.24) is 9.97 Å². The van der Waals surface area contributed by atoms with Crippen LogP contribution >= 0.6 is 11.6 Å². The third kappa shape index (κ3) is 4.52. The number of hydrazone groups is 1. The van der Waals surface area contributed by atoms with Crippen molar-refractivity contribution < 1.29 is 9.13 Å². The fourth-order valence-corrected chi connectivity index (χ4v) is 4.72. The van der Waals surface area contributed by atoms with Gasteiger partial charge in [-0.15, -0.1) is 0 Å². The molecule has 1 aromatic heterocycles. The Kier molecular flexibility index (Phi) is 6.02. The number of hydrogen-bond donors (Lipinski definition) is 0. The number of para-hydroxylation sites is 1. The zero-order chi connectivity index (χ0) is 25.4. The molecule has 1 unspecified atom stereocenters. The van der Waals surface area contributed by atoms with Crippen LogP contribution in [0.25, 0.3) is 22.2 Å². The van der Waals surface area contributed by atoms with Crippen LogP contribution in [0.5, 0.6) is 5.75 Å². The summed E-state index contributed by atoms with van der Waals surface area (Å²) in [6.45, 7) is 0. The molecule has 1 aliphatic rings. The van der Waals surface area contributed by atoms with Gasteiger partial charge in [0.1, 0.15) is 11.6 Å². The molecule has 5 nitrogen and oxygen atoms in total. The predicted octanol–water partition coefficient (Wildman–Crippen LogP) is 7.45. The Hall–Kier alpha value is -4.29. The highest BCUT2D eigenvalue weighted by atomic mass is 35.5. The molecular weight excluding hydrogens is 487 g/mol. The number of halogens is 2. The van der Waals surface area contributed by atoms with Crippen molar-refractivity contribution in [2.24, 2.45) is 5.10 Å². The first-order chi connectivity index (χ1) is 18.1. The molecule has 1 atom stereocenters. The molecule has 7 heteroatoms. The highest BCUT2D eigenvalue weighted by Crippen LogP contribution is 2.38. The van der Waals surface area contributed by atoms with E-state index in [1.807, 2.05) is 77.8 Å². The largest absolute Gasteiger partial charge is 0.497 e. The van der Waals surface area contributed by atoms with Gasteiger partial charge in [-0.2, -0.15) is 5.10 Å². The molecule has 0 aliphatic carbocycles. The highest BCUT2D eigenvalue weighted by molar-refractivity contribution is 6.30. The van der Waals surface area contributed by atoms with E-state index in [2.05, 4.69) is 0 Å². The van der Waals surface area contributed by atoms with E-state index in [0.717, 1.165) is 44.7 Å². The average Bonchev–Trinajstić information content (AvgIpc) is 3.39. The van der Waals surface area contributed by atoms with E-state index in [4.69, 9.17) is 31.4 Å². The quantitative estimate of drug-likeness (QED) is 0.247. The van der Waals surface area contributed by atoms with Crippen molar-refractivity contribution in [2.45, 2.75) is 12.5 Å². The molecule has 5 aromatic rings. The fraction of sp³-hybridized carbons (Fsp3) is 0.100. The van der Waals surface area contributed by atoms with E-state index in [-0.39, 0.29) is 11.9 Å². The molecule has 0 N–H and O–H groups in total. The Balaban J connectivity index is 1.50. The zero-order valence-corrected chi connectivity index (χ0v) is 20.7. The summed E-state index contributed by atoms with van der Waals surface area (Å²) in [5, 5.41) is 8.43. The van der Waals surface area contributed by atoms with Gasteiger partial charge in [-0.05, 0) is 65.7 Å². The molecular formula is C30H22ClFN4O. The van der Waals surface area contributed by atoms with Gasteiger partial charge in [-0.3, -0.25) is 0 Å². The number of anilines is 1. The molecule has 0 spiro atoms. The Morgan fingerprint density at radius 3 is 2.27 bits per heavy atom. The molecule has 0 saturated carbocycles. The van der Waals surface area contributed by atoms with Crippen molar-refractivity contribution in [1.29, 1.82) is 0 Å². The van der Waals surface area contributed by atoms with Gasteiger partial charge in [0, 0.05) is 22.4 Å². The van der Waals surface area contributed by atoms with Crippen LogP contribution in [0.2, 0.25) is 5.02 Å². The molecule has 0 amide bonds. The van der Waals surface area contributed by atoms with Crippen molar-refractivity contribution in [3.63, 3.8) is 0 Å². The second-order valence-corrected chi connectivity index (χ2v) is 9.22. The molecule has 0 fully saturated rings. The molecule has 0 saturated heterocycles. The third-order valence-corrected chi connectivity index (χ3v) is 6.75. The normalized spacial score (nSPS) is 15.2. The SMILES string of the molecule is COc1ccc(C2=NN(c3nc(-c4ccc(Cl)cc4)c4ccccc4n3)C(c3ccc(F)cc3)C2)cc1. The molecule has 1 aliphatic heterocycles. The number of hydrogen-bond acceptors (Lipinski definition) is 5. The van der Waals surface area contributed by atoms with Gasteiger partial charge in [0.15, 0.2) is 0 Å². The van der Waals surface area contributed by atoms with Crippen LogP contribution in [0.4, 0.5) is 10.3 Å². The van der Waals surface area contributed by atoms with E-state index in [1.165, 1.54) is 12.1 Å². The molecule has 2 heterocycles. The van der Waals surface area contributed by atoms with Crippen molar-refractivity contribution >= 4 is 34.2 Å². The number of rotatable bonds is 5. The van der Waals surface area contributed by atoms with Crippen LogP contribution in [-0.4, -0.2) is 22.8 Å². The Bertz CT molecular complexity index is 1600. The van der Waals surface area contributed by atoms with Gasteiger partial charge in [-0.25, -0.2) is 19.4 Å². The maximum absolute atomic E-state index is 13.8. The van der Waals surface area contributed by atoms with Gasteiger partial charge in [-0.1, -0.05) is 54.1 Å². The smallest absolute Gasteiger partial charge is 0.247 e. The molecule has 37 heavy (non-hydrogen) atoms. The fourth-order valence-electron chi connectivity index (χ4n) is 4.59. The third-order valence-electron chi connectivity index (χ3n) is 6.50. The predicted molar refractivity (Wildman–Crippen MR) is 146 cm³/mol. The minimum atomic E-state index is -0.281. The summed E-state index contributed by atoms with van der Waals surface area (Å²) in [5.74, 6) is 0.970. The first kappa shape index (κ1) is 23.1. The number of nitrogens with zero attached hydrogens (tertiary/aromatic N) is 4. The van der Waals surface area contributed by atoms with Gasteiger partial charge in [0.25, 0.3) is 0 Å². The number of methoxy groups -OCH3 is 1. The van der Waals surface area contributed by atoms with E-state index >= 15 is 0 Å². The number of ether oxygens (including phenoxy) is 1. The maximum Gasteiger partial charge on any atom is 0.247 e. The second kappa shape index (κ2) is 9.64. The lowest BCUT2D eigenvalue weighted by Crippen LogP contribution is -2.21. The minimum absolute atomic E-state index is 0.197. The van der Waals surface area contributed by atoms with Crippen LogP contribution in [0.1, 0.15) is 23.6 Å². The number of benzene rings is 4. The van der Waals surface area contributed by atoms with Gasteiger partial charge in [0.05, 0.1) is 30.1 Å². The summed E-state index contributed by atoms with van der Waals surface area (Å²) in [4.78, 5) is 9.90. The summed E-state index contributed by atoms with van der Waals surface area (Å²) >= 11 is 6.15. The number of aromatic nitrogens is 2. The van der Waals surface area contributed by atoms with Gasteiger partial charge >= 0.3 is 0 Å². The Morgan fingerprint density at radius 1 is 0.838 bits per heavy atom. The van der Waals surface area contributed by atoms with E-state index in [1.54, 1.807) is 19.2 Å². The van der Waals surface area contributed by atoms with E-state index in [0.29, 0.717) is 17.4 Å². The highest BCUT2D eigenvalue weighted by Gasteiger charge is 2.32. The molecule has 0 bridgehead atoms. The van der Waals surface area contributed by atoms with Crippen LogP contribution in [0, 0.1) is 5.82 Å². The summed E-state index contributed by atoms with van der Waals surface area (Å²) in [6.07, 6.45) is 0.616. The first-order valence-electron chi connectivity index (χ1n) is 11.9. The Morgan fingerprint density at radius 2 is 1.54 bits per heavy atom. The van der Waals surface area contributed by atoms with Crippen LogP contribution in [0.15, 0.2) is 102 Å². The lowest BCUT2D eigenvalue weighted by Gasteiger charge is -2.23. The van der Waals surface area contributed by atoms with Gasteiger partial charge in [0.2, 0.25) is 5.95 Å². The van der Waals surface area contributed by atoms with Crippen molar-refractivity contribution in [3.8, 4) is 17.0 Å². The summed E-state index contributed by atoms with van der Waals surface area (Å²) < 4.78 is 19.1. The zero-order valence-electron chi connectivity index (χ0n) is 20.0. The van der Waals surface area contributed by atoms with E-state index < -0.39 is 0 Å². The summed E-state index contributed by atoms with van der Waals surface area (Å²) in [6, 6.07) is 29.7. The summed E-state index contributed by atoms with van der Waals surface area (Å²) in [7, 11) is 1.64. The lowest BCUT2D eigenvalue weighted by atomic mass is 9.98. The summed E-state index contributed by atoms with van der Waals surface area (Å²) in [5.41, 5.74) is 5.34. The molecule has 0 radical (unpaired) electrons. The lowest BCUT2D eigenvalue weighted by molar-refractivity contribution is 0.415. The maximum atomic E-state index is 13.8. The molecule has 182 valence electrons. The standard InChI is InChI=1S/C30H22ClFN4O/c1-37-24-16-10-19(11-17-24)27-18-28(20-8-14-23(32)15-9-20)36(35-27)30-33-26-5-3-2-4-25(26)29(34-30)21-6-12-22(31)13-7-21/h2-17,28H,18H2,1H3. The van der Waals surface area contributed by atoms with Gasteiger partial charge < -0.3 is 4.74 Å². The average molecular weight is 509 g/mol. The first-order valence-corrected chi connectivity index (χ1v) is 12.3. The van der Waals surface area contributed by atoms with Crippen molar-refractivity contribution in [3.05, 3.63) is 119 Å². The van der Waals surface area contributed by atoms with Crippen molar-refractivity contribution in [2.75, 3.05) is 12.1 Å².